The molecule has 51 heavy (non-hydrogen) atoms. The van der Waals surface area contributed by atoms with Crippen molar-refractivity contribution in [2.45, 2.75) is 111 Å². The van der Waals surface area contributed by atoms with Crippen molar-refractivity contribution in [3.63, 3.8) is 0 Å². The van der Waals surface area contributed by atoms with E-state index in [1.165, 1.54) is 88.3 Å². The normalized spacial score (nSPS) is 13.2. The van der Waals surface area contributed by atoms with Crippen molar-refractivity contribution in [2.75, 3.05) is 0 Å². The summed E-state index contributed by atoms with van der Waals surface area (Å²) in [5, 5.41) is 5.34. The maximum Gasteiger partial charge on any atom is -0.000717 e. The first kappa shape index (κ1) is 35.0. The number of hydrogen-bond acceptors (Lipinski definition) is 0. The van der Waals surface area contributed by atoms with Crippen molar-refractivity contribution < 1.29 is 0 Å². The van der Waals surface area contributed by atoms with Crippen molar-refractivity contribution in [3.05, 3.63) is 143 Å². The first-order valence-electron chi connectivity index (χ1n) is 18.9. The van der Waals surface area contributed by atoms with Gasteiger partial charge in [-0.05, 0) is 122 Å². The van der Waals surface area contributed by atoms with Crippen LogP contribution in [0.2, 0.25) is 0 Å². The molecular formula is C51H56. The van der Waals surface area contributed by atoms with Gasteiger partial charge in [0.15, 0.2) is 0 Å². The lowest BCUT2D eigenvalue weighted by atomic mass is 9.85. The van der Waals surface area contributed by atoms with Gasteiger partial charge in [0.2, 0.25) is 0 Å². The molecule has 0 N–H and O–H groups in total. The largest absolute Gasteiger partial charge is 0.0616 e. The molecule has 0 bridgehead atoms. The Balaban J connectivity index is 1.52. The Bertz CT molecular complexity index is 2290. The van der Waals surface area contributed by atoms with E-state index >= 15 is 0 Å². The summed E-state index contributed by atoms with van der Waals surface area (Å²) in [7, 11) is 0. The summed E-state index contributed by atoms with van der Waals surface area (Å²) in [5.41, 5.74) is 16.7. The van der Waals surface area contributed by atoms with Crippen LogP contribution in [0.1, 0.15) is 116 Å². The van der Waals surface area contributed by atoms with Crippen LogP contribution in [-0.4, -0.2) is 0 Å². The molecule has 0 nitrogen and oxygen atoms in total. The fourth-order valence-electron chi connectivity index (χ4n) is 8.26. The van der Waals surface area contributed by atoms with E-state index < -0.39 is 0 Å². The fraction of sp³-hybridized carbons (Fsp3) is 0.333. The molecule has 260 valence electrons. The zero-order valence-corrected chi connectivity index (χ0v) is 33.1. The predicted molar refractivity (Wildman–Crippen MR) is 224 cm³/mol. The molecule has 0 unspecified atom stereocenters. The van der Waals surface area contributed by atoms with Crippen LogP contribution in [0.3, 0.4) is 0 Å². The molecule has 0 saturated heterocycles. The van der Waals surface area contributed by atoms with Gasteiger partial charge in [0, 0.05) is 0 Å². The molecule has 3 aromatic carbocycles. The molecule has 3 aromatic rings. The van der Waals surface area contributed by atoms with Gasteiger partial charge in [-0.2, -0.15) is 0 Å². The fourth-order valence-corrected chi connectivity index (χ4v) is 8.26. The van der Waals surface area contributed by atoms with Gasteiger partial charge >= 0.3 is 0 Å². The van der Waals surface area contributed by atoms with Crippen LogP contribution < -0.4 is 0 Å². The topological polar surface area (TPSA) is 0 Å². The van der Waals surface area contributed by atoms with E-state index in [0.29, 0.717) is 0 Å². The Morgan fingerprint density at radius 1 is 0.353 bits per heavy atom. The van der Waals surface area contributed by atoms with Gasteiger partial charge in [-0.3, -0.25) is 0 Å². The highest BCUT2D eigenvalue weighted by Crippen LogP contribution is 2.50. The van der Waals surface area contributed by atoms with Gasteiger partial charge in [0.25, 0.3) is 0 Å². The van der Waals surface area contributed by atoms with Crippen LogP contribution >= 0.6 is 0 Å². The maximum absolute atomic E-state index is 2.51. The molecular weight excluding hydrogens is 613 g/mol. The molecule has 0 saturated carbocycles. The molecule has 0 amide bonds. The van der Waals surface area contributed by atoms with Crippen LogP contribution in [0, 0.1) is 0 Å². The van der Waals surface area contributed by atoms with E-state index in [0.717, 1.165) is 6.42 Å². The molecule has 4 aliphatic rings. The monoisotopic (exact) mass is 668 g/mol. The lowest BCUT2D eigenvalue weighted by Gasteiger charge is -2.19. The number of rotatable bonds is 3. The number of hydrogen-bond donors (Lipinski definition) is 0. The second-order valence-electron chi connectivity index (χ2n) is 19.1. The Morgan fingerprint density at radius 2 is 0.745 bits per heavy atom. The van der Waals surface area contributed by atoms with Crippen LogP contribution in [0.5, 0.6) is 0 Å². The average Bonchev–Trinajstić information content (AvgIpc) is 3.36. The zero-order valence-electron chi connectivity index (χ0n) is 33.1. The molecule has 0 heteroatoms. The molecule has 0 spiro atoms. The van der Waals surface area contributed by atoms with E-state index in [4.69, 9.17) is 0 Å². The van der Waals surface area contributed by atoms with E-state index in [9.17, 15) is 0 Å². The van der Waals surface area contributed by atoms with Crippen LogP contribution in [0.25, 0.3) is 54.9 Å². The van der Waals surface area contributed by atoms with Gasteiger partial charge in [-0.1, -0.05) is 186 Å². The second-order valence-corrected chi connectivity index (χ2v) is 19.1. The Hall–Kier alpha value is -4.42. The number of benzene rings is 3. The molecule has 0 aliphatic heterocycles. The van der Waals surface area contributed by atoms with Gasteiger partial charge in [0.05, 0.1) is 0 Å². The molecule has 0 radical (unpaired) electrons. The molecule has 0 heterocycles. The van der Waals surface area contributed by atoms with Gasteiger partial charge in [0.1, 0.15) is 0 Å². The van der Waals surface area contributed by atoms with Gasteiger partial charge < -0.3 is 0 Å². The Labute approximate surface area is 307 Å². The third kappa shape index (κ3) is 6.26. The molecule has 7 rings (SSSR count). The molecule has 0 fully saturated rings. The lowest BCUT2D eigenvalue weighted by molar-refractivity contribution is 0.590. The standard InChI is InChI=1S/C51H56/c1-48(2,3)33-21-25-35-32(30-45(50(7,8)9)39(35)27-23-33)29-43-36-17-13-15-19-41(36)47(42-20-16-14-18-37(42)43)44-31-46(51(10,11)12)40-28-24-34(49(4,5)6)22-26-38(40)44/h13-28,30-31H,29H2,1-12H3. The smallest absolute Gasteiger partial charge is 0.000717 e. The summed E-state index contributed by atoms with van der Waals surface area (Å²) in [6, 6.07) is 42.3. The first-order chi connectivity index (χ1) is 23.8. The minimum absolute atomic E-state index is 0.00486. The van der Waals surface area contributed by atoms with E-state index in [2.05, 4.69) is 192 Å². The summed E-state index contributed by atoms with van der Waals surface area (Å²) < 4.78 is 0. The van der Waals surface area contributed by atoms with Crippen molar-refractivity contribution >= 4 is 21.5 Å². The van der Waals surface area contributed by atoms with E-state index in [1.807, 2.05) is 0 Å². The van der Waals surface area contributed by atoms with E-state index in [1.54, 1.807) is 0 Å². The SMILES string of the molecule is CC(C)(C)c1ccc2c(Cc3c4ccccc4c(-c4cc(C(C)(C)C)c5ccc(C(C)(C)C)ccc4-5)c4ccccc34)cc(C(C)(C)C)c-2cc1. The second kappa shape index (κ2) is 12.1. The molecule has 4 aliphatic carbocycles. The Morgan fingerprint density at radius 3 is 1.20 bits per heavy atom. The quantitative estimate of drug-likeness (QED) is 0.164. The summed E-state index contributed by atoms with van der Waals surface area (Å²) in [6.45, 7) is 27.9. The van der Waals surface area contributed by atoms with Crippen LogP contribution in [0.4, 0.5) is 0 Å². The summed E-state index contributed by atoms with van der Waals surface area (Å²) in [6.07, 6.45) is 0.877. The molecule has 0 atom stereocenters. The summed E-state index contributed by atoms with van der Waals surface area (Å²) in [5.74, 6) is 0. The van der Waals surface area contributed by atoms with Crippen molar-refractivity contribution in [1.82, 2.24) is 0 Å². The van der Waals surface area contributed by atoms with Crippen molar-refractivity contribution in [3.8, 4) is 33.4 Å². The average molecular weight is 669 g/mol. The number of fused-ring (bicyclic) bond motifs is 4. The van der Waals surface area contributed by atoms with Crippen LogP contribution in [0.15, 0.2) is 109 Å². The Kier molecular flexibility index (Phi) is 8.29. The third-order valence-corrected chi connectivity index (χ3v) is 11.1. The lowest BCUT2D eigenvalue weighted by Crippen LogP contribution is -2.10. The minimum atomic E-state index is 0.00486. The van der Waals surface area contributed by atoms with E-state index in [-0.39, 0.29) is 21.7 Å². The third-order valence-electron chi connectivity index (χ3n) is 11.1. The zero-order chi connectivity index (χ0) is 36.7. The summed E-state index contributed by atoms with van der Waals surface area (Å²) in [4.78, 5) is 0. The highest BCUT2D eigenvalue weighted by atomic mass is 14.3. The van der Waals surface area contributed by atoms with Crippen molar-refractivity contribution in [1.29, 1.82) is 0 Å². The molecule has 0 aromatic heterocycles. The van der Waals surface area contributed by atoms with Gasteiger partial charge in [-0.15, -0.1) is 0 Å². The summed E-state index contributed by atoms with van der Waals surface area (Å²) >= 11 is 0. The highest BCUT2D eigenvalue weighted by molar-refractivity contribution is 6.17. The maximum atomic E-state index is 2.51. The van der Waals surface area contributed by atoms with Crippen molar-refractivity contribution in [2.24, 2.45) is 0 Å². The van der Waals surface area contributed by atoms with Crippen LogP contribution in [-0.2, 0) is 28.1 Å². The minimum Gasteiger partial charge on any atom is -0.0616 e. The first-order valence-corrected chi connectivity index (χ1v) is 18.9. The predicted octanol–water partition coefficient (Wildman–Crippen LogP) is 14.7. The van der Waals surface area contributed by atoms with Gasteiger partial charge in [-0.25, -0.2) is 0 Å². The highest BCUT2D eigenvalue weighted by Gasteiger charge is 2.29.